The molecule has 1 unspecified atom stereocenters. The van der Waals surface area contributed by atoms with Crippen LogP contribution in [0.4, 0.5) is 4.39 Å². The zero-order chi connectivity index (χ0) is 13.1. The molecule has 0 heterocycles. The molecule has 5 heteroatoms. The molecule has 1 aromatic carbocycles. The van der Waals surface area contributed by atoms with Gasteiger partial charge in [0.2, 0.25) is 0 Å². The van der Waals surface area contributed by atoms with Crippen LogP contribution in [0.15, 0.2) is 23.1 Å². The van der Waals surface area contributed by atoms with Crippen LogP contribution in [-0.4, -0.2) is 21.0 Å². The average Bonchev–Trinajstić information content (AvgIpc) is 2.81. The van der Waals surface area contributed by atoms with E-state index in [4.69, 9.17) is 5.11 Å². The number of carbonyl (C=O) groups is 1. The van der Waals surface area contributed by atoms with Crippen LogP contribution in [0.3, 0.4) is 0 Å². The molecular formula is C13H15FO3S. The Balaban J connectivity index is 2.17. The number of hydrogen-bond donors (Lipinski definition) is 1. The molecule has 1 saturated carbocycles. The van der Waals surface area contributed by atoms with Gasteiger partial charge in [-0.15, -0.1) is 0 Å². The Hall–Kier alpha value is -1.23. The molecule has 1 atom stereocenters. The minimum atomic E-state index is -1.45. The normalized spacial score (nSPS) is 17.8. The molecule has 18 heavy (non-hydrogen) atoms. The van der Waals surface area contributed by atoms with Crippen molar-refractivity contribution in [2.24, 2.45) is 5.92 Å². The molecule has 1 aliphatic rings. The Morgan fingerprint density at radius 2 is 2.06 bits per heavy atom. The molecule has 1 aromatic rings. The minimum Gasteiger partial charge on any atom is -0.478 e. The van der Waals surface area contributed by atoms with Crippen LogP contribution in [0.1, 0.15) is 36.0 Å². The fraction of sp³-hybridized carbons (Fsp3) is 0.462. The van der Waals surface area contributed by atoms with Gasteiger partial charge in [-0.2, -0.15) is 0 Å². The first-order chi connectivity index (χ1) is 8.58. The summed E-state index contributed by atoms with van der Waals surface area (Å²) in [5.74, 6) is -0.913. The van der Waals surface area contributed by atoms with Gasteiger partial charge >= 0.3 is 5.97 Å². The maximum Gasteiger partial charge on any atom is 0.335 e. The molecule has 1 N–H and O–H groups in total. The summed E-state index contributed by atoms with van der Waals surface area (Å²) in [7, 11) is -1.45. The summed E-state index contributed by atoms with van der Waals surface area (Å²) >= 11 is 0. The van der Waals surface area contributed by atoms with Crippen LogP contribution in [0, 0.1) is 11.7 Å². The Kier molecular flexibility index (Phi) is 4.11. The Morgan fingerprint density at radius 1 is 1.39 bits per heavy atom. The average molecular weight is 270 g/mol. The molecular weight excluding hydrogens is 255 g/mol. The molecule has 1 fully saturated rings. The highest BCUT2D eigenvalue weighted by atomic mass is 32.2. The van der Waals surface area contributed by atoms with E-state index in [1.54, 1.807) is 0 Å². The van der Waals surface area contributed by atoms with Crippen molar-refractivity contribution in [2.75, 3.05) is 5.75 Å². The van der Waals surface area contributed by atoms with Crippen molar-refractivity contribution in [3.05, 3.63) is 29.6 Å². The Morgan fingerprint density at radius 3 is 2.67 bits per heavy atom. The number of halogens is 1. The summed E-state index contributed by atoms with van der Waals surface area (Å²) in [5, 5.41) is 8.84. The lowest BCUT2D eigenvalue weighted by Gasteiger charge is -2.09. The molecule has 0 bridgehead atoms. The van der Waals surface area contributed by atoms with E-state index in [9.17, 15) is 13.4 Å². The minimum absolute atomic E-state index is 0.0156. The monoisotopic (exact) mass is 270 g/mol. The molecule has 0 spiro atoms. The largest absolute Gasteiger partial charge is 0.478 e. The number of carboxylic acid groups (broad SMARTS) is 1. The third-order valence-corrected chi connectivity index (χ3v) is 4.86. The van der Waals surface area contributed by atoms with Gasteiger partial charge in [-0.05, 0) is 37.0 Å². The van der Waals surface area contributed by atoms with Crippen LogP contribution >= 0.6 is 0 Å². The van der Waals surface area contributed by atoms with E-state index in [1.807, 2.05) is 0 Å². The van der Waals surface area contributed by atoms with Crippen molar-refractivity contribution in [3.8, 4) is 0 Å². The van der Waals surface area contributed by atoms with Crippen molar-refractivity contribution in [1.82, 2.24) is 0 Å². The van der Waals surface area contributed by atoms with Crippen molar-refractivity contribution in [3.63, 3.8) is 0 Å². The predicted octanol–water partition coefficient (Wildman–Crippen LogP) is 2.82. The van der Waals surface area contributed by atoms with Gasteiger partial charge < -0.3 is 5.11 Å². The summed E-state index contributed by atoms with van der Waals surface area (Å²) in [6, 6.07) is 3.45. The van der Waals surface area contributed by atoms with Crippen molar-refractivity contribution < 1.29 is 18.5 Å². The molecule has 98 valence electrons. The molecule has 0 radical (unpaired) electrons. The highest BCUT2D eigenvalue weighted by molar-refractivity contribution is 7.85. The second-order valence-corrected chi connectivity index (χ2v) is 6.08. The fourth-order valence-corrected chi connectivity index (χ4v) is 3.78. The van der Waals surface area contributed by atoms with E-state index < -0.39 is 22.6 Å². The summed E-state index contributed by atoms with van der Waals surface area (Å²) in [4.78, 5) is 10.8. The first kappa shape index (κ1) is 13.2. The van der Waals surface area contributed by atoms with E-state index >= 15 is 0 Å². The third-order valence-electron chi connectivity index (χ3n) is 3.29. The van der Waals surface area contributed by atoms with E-state index in [2.05, 4.69) is 0 Å². The first-order valence-corrected chi connectivity index (χ1v) is 7.31. The van der Waals surface area contributed by atoms with Crippen LogP contribution in [-0.2, 0) is 10.8 Å². The lowest BCUT2D eigenvalue weighted by molar-refractivity contribution is 0.0696. The summed E-state index contributed by atoms with van der Waals surface area (Å²) in [5.41, 5.74) is -0.0221. The standard InChI is InChI=1S/C13H15FO3S/c14-11-6-5-10(13(15)16)7-12(11)18(17)8-9-3-1-2-4-9/h5-7,9H,1-4,8H2,(H,15,16). The second-order valence-electron chi connectivity index (χ2n) is 4.61. The first-order valence-electron chi connectivity index (χ1n) is 5.99. The number of rotatable bonds is 4. The van der Waals surface area contributed by atoms with Crippen LogP contribution in [0.25, 0.3) is 0 Å². The second kappa shape index (κ2) is 5.61. The van der Waals surface area contributed by atoms with Gasteiger partial charge in [-0.1, -0.05) is 12.8 Å². The zero-order valence-corrected chi connectivity index (χ0v) is 10.7. The number of carboxylic acids is 1. The molecule has 2 rings (SSSR count). The van der Waals surface area contributed by atoms with E-state index in [0.717, 1.165) is 31.7 Å². The maximum atomic E-state index is 13.6. The van der Waals surface area contributed by atoms with Crippen LogP contribution in [0.2, 0.25) is 0 Å². The quantitative estimate of drug-likeness (QED) is 0.915. The van der Waals surface area contributed by atoms with Gasteiger partial charge in [0.05, 0.1) is 21.3 Å². The van der Waals surface area contributed by atoms with E-state index in [1.165, 1.54) is 12.1 Å². The van der Waals surface area contributed by atoms with Gasteiger partial charge in [-0.25, -0.2) is 9.18 Å². The smallest absolute Gasteiger partial charge is 0.335 e. The predicted molar refractivity (Wildman–Crippen MR) is 66.6 cm³/mol. The zero-order valence-electron chi connectivity index (χ0n) is 9.89. The van der Waals surface area contributed by atoms with Crippen LogP contribution < -0.4 is 0 Å². The summed E-state index contributed by atoms with van der Waals surface area (Å²) in [6.07, 6.45) is 4.34. The number of benzene rings is 1. The lowest BCUT2D eigenvalue weighted by Crippen LogP contribution is -2.10. The van der Waals surface area contributed by atoms with Crippen molar-refractivity contribution in [1.29, 1.82) is 0 Å². The fourth-order valence-electron chi connectivity index (χ4n) is 2.29. The van der Waals surface area contributed by atoms with Crippen LogP contribution in [0.5, 0.6) is 0 Å². The number of hydrogen-bond acceptors (Lipinski definition) is 2. The SMILES string of the molecule is O=C(O)c1ccc(F)c(S(=O)CC2CCCC2)c1. The molecule has 1 aliphatic carbocycles. The van der Waals surface area contributed by atoms with Gasteiger partial charge in [0, 0.05) is 5.75 Å². The van der Waals surface area contributed by atoms with E-state index in [-0.39, 0.29) is 10.5 Å². The highest BCUT2D eigenvalue weighted by Crippen LogP contribution is 2.27. The van der Waals surface area contributed by atoms with Gasteiger partial charge in [0.15, 0.2) is 0 Å². The molecule has 0 aromatic heterocycles. The maximum absolute atomic E-state index is 13.6. The topological polar surface area (TPSA) is 54.4 Å². The van der Waals surface area contributed by atoms with E-state index in [0.29, 0.717) is 11.7 Å². The number of aromatic carboxylic acids is 1. The Labute approximate surface area is 107 Å². The highest BCUT2D eigenvalue weighted by Gasteiger charge is 2.21. The molecule has 0 amide bonds. The van der Waals surface area contributed by atoms with Crippen molar-refractivity contribution >= 4 is 16.8 Å². The van der Waals surface area contributed by atoms with Gasteiger partial charge in [0.1, 0.15) is 5.82 Å². The summed E-state index contributed by atoms with van der Waals surface area (Å²) in [6.45, 7) is 0. The summed E-state index contributed by atoms with van der Waals surface area (Å²) < 4.78 is 25.6. The van der Waals surface area contributed by atoms with Gasteiger partial charge in [-0.3, -0.25) is 4.21 Å². The molecule has 0 saturated heterocycles. The van der Waals surface area contributed by atoms with Gasteiger partial charge in [0.25, 0.3) is 0 Å². The van der Waals surface area contributed by atoms with Crippen molar-refractivity contribution in [2.45, 2.75) is 30.6 Å². The molecule has 0 aliphatic heterocycles. The lowest BCUT2D eigenvalue weighted by atomic mass is 10.1. The Bertz CT molecular complexity index is 481. The molecule has 3 nitrogen and oxygen atoms in total. The third kappa shape index (κ3) is 2.96.